The van der Waals surface area contributed by atoms with Gasteiger partial charge in [-0.05, 0) is 36.4 Å². The van der Waals surface area contributed by atoms with Gasteiger partial charge in [0, 0.05) is 42.2 Å². The largest absolute Gasteiger partial charge is 0.369 e. The van der Waals surface area contributed by atoms with E-state index >= 15 is 0 Å². The van der Waals surface area contributed by atoms with E-state index in [0.29, 0.717) is 42.0 Å². The zero-order valence-corrected chi connectivity index (χ0v) is 19.5. The average molecular weight is 525 g/mol. The van der Waals surface area contributed by atoms with Crippen molar-refractivity contribution in [3.05, 3.63) is 94.8 Å². The Morgan fingerprint density at radius 1 is 0.921 bits per heavy atom. The summed E-state index contributed by atoms with van der Waals surface area (Å²) in [5.74, 6) is -5.48. The number of morpholine rings is 1. The zero-order chi connectivity index (χ0) is 26.8. The van der Waals surface area contributed by atoms with Crippen LogP contribution < -0.4 is 16.0 Å². The fourth-order valence-electron chi connectivity index (χ4n) is 3.98. The first-order chi connectivity index (χ1) is 18.3. The number of amides is 2. The molecule has 38 heavy (non-hydrogen) atoms. The lowest BCUT2D eigenvalue weighted by Gasteiger charge is -2.22. The van der Waals surface area contributed by atoms with Crippen LogP contribution in [-0.4, -0.2) is 41.5 Å². The van der Waals surface area contributed by atoms with Crippen molar-refractivity contribution in [2.45, 2.75) is 6.10 Å². The van der Waals surface area contributed by atoms with Gasteiger partial charge < -0.3 is 20.7 Å². The van der Waals surface area contributed by atoms with Crippen LogP contribution in [0.3, 0.4) is 0 Å². The normalized spacial score (nSPS) is 15.3. The second kappa shape index (κ2) is 10.5. The molecule has 1 aliphatic rings. The number of nitrogens with zero attached hydrogens (tertiary/aromatic N) is 2. The van der Waals surface area contributed by atoms with Crippen LogP contribution in [-0.2, 0) is 4.74 Å². The molecule has 8 nitrogen and oxygen atoms in total. The van der Waals surface area contributed by atoms with Crippen molar-refractivity contribution >= 4 is 34.2 Å². The number of hydrogen-bond donors (Lipinski definition) is 3. The third-order valence-electron chi connectivity index (χ3n) is 5.73. The van der Waals surface area contributed by atoms with E-state index in [-0.39, 0.29) is 23.0 Å². The number of ketones is 1. The Hall–Kier alpha value is -4.42. The molecule has 2 amide bonds. The summed E-state index contributed by atoms with van der Waals surface area (Å²) in [7, 11) is 0. The molecule has 1 atom stereocenters. The number of carbonyl (C=O) groups is 2. The van der Waals surface area contributed by atoms with Crippen molar-refractivity contribution in [3.63, 3.8) is 0 Å². The fourth-order valence-corrected chi connectivity index (χ4v) is 3.98. The van der Waals surface area contributed by atoms with Crippen molar-refractivity contribution in [3.8, 4) is 0 Å². The van der Waals surface area contributed by atoms with Crippen LogP contribution in [0.4, 0.5) is 33.7 Å². The maximum absolute atomic E-state index is 14.6. The SMILES string of the molecule is O=C(Nc1cc(F)cc(F)c1)Nc1cc(F)c(F)c(C(=O)c2ccc3nc(C4CNCCO4)cnc3c2)c1. The van der Waals surface area contributed by atoms with E-state index in [2.05, 4.69) is 25.9 Å². The standard InChI is InChI=1S/C26H19F4N5O3/c27-14-6-15(28)8-16(7-14)33-26(37)34-17-9-18(24(30)19(29)10-17)25(36)13-1-2-20-21(5-13)32-11-22(35-20)23-12-31-3-4-38-23/h1-2,5-11,23,31H,3-4,12H2,(H2,33,34,37). The van der Waals surface area contributed by atoms with Crippen LogP contribution in [0.1, 0.15) is 27.7 Å². The molecule has 4 aromatic rings. The number of benzene rings is 3. The molecule has 194 valence electrons. The molecule has 12 heteroatoms. The molecule has 0 aliphatic carbocycles. The topological polar surface area (TPSA) is 105 Å². The van der Waals surface area contributed by atoms with Crippen LogP contribution >= 0.6 is 0 Å². The van der Waals surface area contributed by atoms with Crippen LogP contribution in [0.25, 0.3) is 11.0 Å². The van der Waals surface area contributed by atoms with Gasteiger partial charge in [-0.15, -0.1) is 0 Å². The van der Waals surface area contributed by atoms with E-state index in [1.165, 1.54) is 24.4 Å². The fraction of sp³-hybridized carbons (Fsp3) is 0.154. The van der Waals surface area contributed by atoms with E-state index < -0.39 is 40.6 Å². The summed E-state index contributed by atoms with van der Waals surface area (Å²) in [6.45, 7) is 1.87. The Morgan fingerprint density at radius 2 is 1.66 bits per heavy atom. The number of aromatic nitrogens is 2. The highest BCUT2D eigenvalue weighted by atomic mass is 19.2. The summed E-state index contributed by atoms with van der Waals surface area (Å²) in [6.07, 6.45) is 1.27. The molecule has 0 spiro atoms. The Labute approximate surface area is 213 Å². The number of halogens is 4. The maximum atomic E-state index is 14.6. The van der Waals surface area contributed by atoms with Crippen LogP contribution in [0.5, 0.6) is 0 Å². The second-order valence-electron chi connectivity index (χ2n) is 8.45. The van der Waals surface area contributed by atoms with Crippen molar-refractivity contribution in [2.24, 2.45) is 0 Å². The average Bonchev–Trinajstić information content (AvgIpc) is 2.89. The summed E-state index contributed by atoms with van der Waals surface area (Å²) in [5.41, 5.74) is 0.391. The highest BCUT2D eigenvalue weighted by molar-refractivity contribution is 6.11. The molecule has 1 aromatic heterocycles. The minimum atomic E-state index is -1.41. The summed E-state index contributed by atoms with van der Waals surface area (Å²) in [6, 6.07) is 7.34. The van der Waals surface area contributed by atoms with Crippen LogP contribution in [0.15, 0.2) is 54.7 Å². The lowest BCUT2D eigenvalue weighted by Crippen LogP contribution is -2.33. The van der Waals surface area contributed by atoms with Crippen molar-refractivity contribution in [1.82, 2.24) is 15.3 Å². The molecule has 3 N–H and O–H groups in total. The number of rotatable bonds is 5. The lowest BCUT2D eigenvalue weighted by atomic mass is 10.0. The number of fused-ring (bicyclic) bond motifs is 1. The van der Waals surface area contributed by atoms with E-state index in [0.717, 1.165) is 24.7 Å². The molecule has 3 aromatic carbocycles. The number of carbonyl (C=O) groups excluding carboxylic acids is 2. The molecule has 1 saturated heterocycles. The van der Waals surface area contributed by atoms with Crippen molar-refractivity contribution < 1.29 is 31.9 Å². The van der Waals surface area contributed by atoms with Gasteiger partial charge in [0.2, 0.25) is 0 Å². The Kier molecular flexibility index (Phi) is 6.99. The van der Waals surface area contributed by atoms with Gasteiger partial charge in [-0.3, -0.25) is 9.78 Å². The molecule has 0 radical (unpaired) electrons. The number of hydrogen-bond acceptors (Lipinski definition) is 6. The number of urea groups is 1. The van der Waals surface area contributed by atoms with Crippen LogP contribution in [0.2, 0.25) is 0 Å². The monoisotopic (exact) mass is 525 g/mol. The molecule has 5 rings (SSSR count). The van der Waals surface area contributed by atoms with Gasteiger partial charge in [-0.1, -0.05) is 0 Å². The van der Waals surface area contributed by atoms with Gasteiger partial charge in [0.05, 0.1) is 35.1 Å². The summed E-state index contributed by atoms with van der Waals surface area (Å²) >= 11 is 0. The van der Waals surface area contributed by atoms with Gasteiger partial charge in [0.25, 0.3) is 0 Å². The molecule has 1 unspecified atom stereocenters. The molecule has 0 saturated carbocycles. The van der Waals surface area contributed by atoms with Gasteiger partial charge in [-0.2, -0.15) is 0 Å². The number of ether oxygens (including phenoxy) is 1. The second-order valence-corrected chi connectivity index (χ2v) is 8.45. The molecule has 1 aliphatic heterocycles. The molecular weight excluding hydrogens is 506 g/mol. The molecule has 0 bridgehead atoms. The Bertz CT molecular complexity index is 1540. The van der Waals surface area contributed by atoms with Gasteiger partial charge in [0.15, 0.2) is 17.4 Å². The number of anilines is 2. The van der Waals surface area contributed by atoms with Gasteiger partial charge in [-0.25, -0.2) is 27.3 Å². The minimum absolute atomic E-state index is 0.0188. The summed E-state index contributed by atoms with van der Waals surface area (Å²) < 4.78 is 61.3. The third-order valence-corrected chi connectivity index (χ3v) is 5.73. The Balaban J connectivity index is 1.37. The highest BCUT2D eigenvalue weighted by Crippen LogP contribution is 2.25. The maximum Gasteiger partial charge on any atom is 0.323 e. The quantitative estimate of drug-likeness (QED) is 0.257. The number of nitrogens with one attached hydrogen (secondary N) is 3. The zero-order valence-electron chi connectivity index (χ0n) is 19.5. The van der Waals surface area contributed by atoms with Crippen molar-refractivity contribution in [1.29, 1.82) is 0 Å². The van der Waals surface area contributed by atoms with Crippen LogP contribution in [0, 0.1) is 23.3 Å². The first-order valence-corrected chi connectivity index (χ1v) is 11.4. The first-order valence-electron chi connectivity index (χ1n) is 11.4. The highest BCUT2D eigenvalue weighted by Gasteiger charge is 2.22. The van der Waals surface area contributed by atoms with E-state index in [1.807, 2.05) is 0 Å². The summed E-state index contributed by atoms with van der Waals surface area (Å²) in [4.78, 5) is 34.2. The van der Waals surface area contributed by atoms with E-state index in [9.17, 15) is 27.2 Å². The summed E-state index contributed by atoms with van der Waals surface area (Å²) in [5, 5.41) is 7.60. The molecule has 1 fully saturated rings. The molecule has 2 heterocycles. The van der Waals surface area contributed by atoms with E-state index in [4.69, 9.17) is 4.74 Å². The minimum Gasteiger partial charge on any atom is -0.369 e. The first kappa shape index (κ1) is 25.2. The third kappa shape index (κ3) is 5.45. The van der Waals surface area contributed by atoms with Gasteiger partial charge >= 0.3 is 6.03 Å². The molecular formula is C26H19F4N5O3. The smallest absolute Gasteiger partial charge is 0.323 e. The Morgan fingerprint density at radius 3 is 2.37 bits per heavy atom. The van der Waals surface area contributed by atoms with Gasteiger partial charge in [0.1, 0.15) is 17.7 Å². The predicted molar refractivity (Wildman–Crippen MR) is 130 cm³/mol. The lowest BCUT2D eigenvalue weighted by molar-refractivity contribution is 0.0250. The van der Waals surface area contributed by atoms with E-state index in [1.54, 1.807) is 0 Å². The predicted octanol–water partition coefficient (Wildman–Crippen LogP) is 4.72. The van der Waals surface area contributed by atoms with Crippen molar-refractivity contribution in [2.75, 3.05) is 30.3 Å².